The zero-order chi connectivity index (χ0) is 15.9. The van der Waals surface area contributed by atoms with Crippen LogP contribution in [0.3, 0.4) is 0 Å². The summed E-state index contributed by atoms with van der Waals surface area (Å²) < 4.78 is 26.3. The van der Waals surface area contributed by atoms with Crippen LogP contribution in [0.2, 0.25) is 10.0 Å². The highest BCUT2D eigenvalue weighted by Gasteiger charge is 2.35. The lowest BCUT2D eigenvalue weighted by Gasteiger charge is -2.36. The molecule has 3 rings (SSSR count). The second-order valence-corrected chi connectivity index (χ2v) is 7.99. The minimum atomic E-state index is -3.59. The maximum atomic E-state index is 12.5. The number of hydrogen-bond donors (Lipinski definition) is 0. The van der Waals surface area contributed by atoms with Gasteiger partial charge in [-0.05, 0) is 17.7 Å². The van der Waals surface area contributed by atoms with E-state index >= 15 is 0 Å². The zero-order valence-electron chi connectivity index (χ0n) is 11.8. The summed E-state index contributed by atoms with van der Waals surface area (Å²) in [6, 6.07) is 12.9. The number of fused-ring (bicyclic) bond motifs is 1. The quantitative estimate of drug-likeness (QED) is 0.825. The molecule has 1 aliphatic heterocycles. The third-order valence-corrected chi connectivity index (χ3v) is 6.09. The average Bonchev–Trinajstić information content (AvgIpc) is 2.45. The van der Waals surface area contributed by atoms with Gasteiger partial charge in [0.25, 0.3) is 0 Å². The van der Waals surface area contributed by atoms with Gasteiger partial charge >= 0.3 is 0 Å². The second-order valence-electron chi connectivity index (χ2n) is 5.16. The number of hydrogen-bond acceptors (Lipinski definition) is 3. The third kappa shape index (κ3) is 2.70. The van der Waals surface area contributed by atoms with Gasteiger partial charge < -0.3 is 4.90 Å². The van der Waals surface area contributed by atoms with Crippen LogP contribution in [0.1, 0.15) is 5.56 Å². The van der Waals surface area contributed by atoms with Gasteiger partial charge in [-0.15, -0.1) is 0 Å². The molecule has 0 saturated carbocycles. The van der Waals surface area contributed by atoms with Crippen molar-refractivity contribution in [1.82, 2.24) is 4.31 Å². The van der Waals surface area contributed by atoms with E-state index in [2.05, 4.69) is 0 Å². The first-order valence-electron chi connectivity index (χ1n) is 6.64. The maximum absolute atomic E-state index is 12.5. The van der Waals surface area contributed by atoms with Gasteiger partial charge in [-0.25, -0.2) is 8.42 Å². The summed E-state index contributed by atoms with van der Waals surface area (Å²) >= 11 is 12.2. The first-order valence-corrected chi connectivity index (χ1v) is 8.83. The summed E-state index contributed by atoms with van der Waals surface area (Å²) in [7, 11) is -2.05. The molecule has 0 aromatic heterocycles. The minimum Gasteiger partial charge on any atom is -0.352 e. The summed E-state index contributed by atoms with van der Waals surface area (Å²) in [6.45, 7) is 0.825. The third-order valence-electron chi connectivity index (χ3n) is 3.58. The van der Waals surface area contributed by atoms with E-state index in [1.807, 2.05) is 35.2 Å². The van der Waals surface area contributed by atoms with Gasteiger partial charge in [0, 0.05) is 18.6 Å². The summed E-state index contributed by atoms with van der Waals surface area (Å²) in [5.41, 5.74) is 1.62. The largest absolute Gasteiger partial charge is 0.352 e. The molecule has 0 bridgehead atoms. The lowest BCUT2D eigenvalue weighted by atomic mass is 10.2. The molecule has 1 heterocycles. The summed E-state index contributed by atoms with van der Waals surface area (Å²) in [6.07, 6.45) is 0. The lowest BCUT2D eigenvalue weighted by molar-refractivity contribution is 0.447. The highest BCUT2D eigenvalue weighted by Crippen LogP contribution is 2.40. The maximum Gasteiger partial charge on any atom is 0.247 e. The Morgan fingerprint density at radius 3 is 2.50 bits per heavy atom. The minimum absolute atomic E-state index is 0.114. The van der Waals surface area contributed by atoms with Gasteiger partial charge in [0.15, 0.2) is 0 Å². The topological polar surface area (TPSA) is 40.6 Å². The van der Waals surface area contributed by atoms with Crippen molar-refractivity contribution in [1.29, 1.82) is 0 Å². The highest BCUT2D eigenvalue weighted by atomic mass is 35.5. The van der Waals surface area contributed by atoms with E-state index < -0.39 is 10.0 Å². The van der Waals surface area contributed by atoms with E-state index in [-0.39, 0.29) is 16.6 Å². The molecule has 0 fully saturated rings. The van der Waals surface area contributed by atoms with Crippen LogP contribution >= 0.6 is 23.2 Å². The van der Waals surface area contributed by atoms with E-state index in [1.54, 1.807) is 13.1 Å². The van der Waals surface area contributed by atoms with E-state index in [0.29, 0.717) is 17.3 Å². The van der Waals surface area contributed by atoms with Crippen molar-refractivity contribution in [2.45, 2.75) is 11.4 Å². The molecule has 4 nitrogen and oxygen atoms in total. The van der Waals surface area contributed by atoms with Crippen LogP contribution in [0.4, 0.5) is 5.69 Å². The predicted molar refractivity (Wildman–Crippen MR) is 88.9 cm³/mol. The molecule has 2 aromatic rings. The summed E-state index contributed by atoms with van der Waals surface area (Å²) in [4.78, 5) is 2.06. The fraction of sp³-hybridized carbons (Fsp3) is 0.200. The van der Waals surface area contributed by atoms with Crippen molar-refractivity contribution in [3.8, 4) is 0 Å². The lowest BCUT2D eigenvalue weighted by Crippen LogP contribution is -2.44. The SMILES string of the molecule is CN1CN(Cc2ccccc2)c2cc(Cl)cc(Cl)c2S1(=O)=O. The number of sulfonamides is 1. The van der Waals surface area contributed by atoms with Gasteiger partial charge in [-0.3, -0.25) is 0 Å². The Labute approximate surface area is 139 Å². The fourth-order valence-corrected chi connectivity index (χ4v) is 4.66. The first kappa shape index (κ1) is 15.6. The number of halogens is 2. The molecule has 22 heavy (non-hydrogen) atoms. The fourth-order valence-electron chi connectivity index (χ4n) is 2.52. The normalized spacial score (nSPS) is 17.3. The second kappa shape index (κ2) is 5.74. The molecule has 1 aliphatic rings. The Hall–Kier alpha value is -1.27. The number of nitrogens with zero attached hydrogens (tertiary/aromatic N) is 2. The molecular formula is C15H14Cl2N2O2S. The smallest absolute Gasteiger partial charge is 0.247 e. The Balaban J connectivity index is 2.12. The molecule has 7 heteroatoms. The number of rotatable bonds is 2. The standard InChI is InChI=1S/C15H14Cl2N2O2S/c1-18-10-19(9-11-5-3-2-4-6-11)14-8-12(16)7-13(17)15(14)22(18,20)21/h2-8H,9-10H2,1H3. The molecule has 0 atom stereocenters. The van der Waals surface area contributed by atoms with Crippen LogP contribution in [0.25, 0.3) is 0 Å². The Bertz CT molecular complexity index is 810. The van der Waals surface area contributed by atoms with Gasteiger partial charge in [-0.1, -0.05) is 53.5 Å². The molecule has 0 saturated heterocycles. The van der Waals surface area contributed by atoms with E-state index in [1.165, 1.54) is 10.4 Å². The molecule has 0 radical (unpaired) electrons. The van der Waals surface area contributed by atoms with E-state index in [9.17, 15) is 8.42 Å². The van der Waals surface area contributed by atoms with Crippen molar-refractivity contribution in [3.05, 3.63) is 58.1 Å². The van der Waals surface area contributed by atoms with E-state index in [4.69, 9.17) is 23.2 Å². The molecule has 0 N–H and O–H groups in total. The van der Waals surface area contributed by atoms with Crippen molar-refractivity contribution in [3.63, 3.8) is 0 Å². The van der Waals surface area contributed by atoms with Gasteiger partial charge in [0.05, 0.1) is 17.4 Å². The highest BCUT2D eigenvalue weighted by molar-refractivity contribution is 7.89. The number of anilines is 1. The van der Waals surface area contributed by atoms with Gasteiger partial charge in [-0.2, -0.15) is 4.31 Å². The summed E-state index contributed by atoms with van der Waals surface area (Å²) in [5, 5.41) is 0.564. The van der Waals surface area contributed by atoms with Crippen molar-refractivity contribution in [2.75, 3.05) is 18.6 Å². The molecule has 0 unspecified atom stereocenters. The van der Waals surface area contributed by atoms with Crippen LogP contribution in [0.15, 0.2) is 47.4 Å². The number of benzene rings is 2. The zero-order valence-corrected chi connectivity index (χ0v) is 14.2. The molecule has 0 amide bonds. The monoisotopic (exact) mass is 356 g/mol. The van der Waals surface area contributed by atoms with Crippen molar-refractivity contribution in [2.24, 2.45) is 0 Å². The van der Waals surface area contributed by atoms with Crippen molar-refractivity contribution < 1.29 is 8.42 Å². The van der Waals surface area contributed by atoms with E-state index in [0.717, 1.165) is 5.56 Å². The molecule has 0 aliphatic carbocycles. The van der Waals surface area contributed by atoms with Crippen LogP contribution in [0, 0.1) is 0 Å². The van der Waals surface area contributed by atoms with Gasteiger partial charge in [0.2, 0.25) is 10.0 Å². The Morgan fingerprint density at radius 1 is 1.14 bits per heavy atom. The predicted octanol–water partition coefficient (Wildman–Crippen LogP) is 3.59. The Morgan fingerprint density at radius 2 is 1.82 bits per heavy atom. The molecule has 116 valence electrons. The van der Waals surface area contributed by atoms with Crippen molar-refractivity contribution >= 4 is 38.9 Å². The average molecular weight is 357 g/mol. The van der Waals surface area contributed by atoms with Crippen LogP contribution in [-0.2, 0) is 16.6 Å². The van der Waals surface area contributed by atoms with Crippen LogP contribution in [0.5, 0.6) is 0 Å². The van der Waals surface area contributed by atoms with Gasteiger partial charge in [0.1, 0.15) is 4.90 Å². The molecule has 2 aromatic carbocycles. The Kier molecular flexibility index (Phi) is 4.07. The van der Waals surface area contributed by atoms with Crippen LogP contribution in [-0.4, -0.2) is 26.4 Å². The summed E-state index contributed by atoms with van der Waals surface area (Å²) in [5.74, 6) is 0. The molecule has 0 spiro atoms. The first-order chi connectivity index (χ1) is 10.4. The molecular weight excluding hydrogens is 343 g/mol. The van der Waals surface area contributed by atoms with Crippen LogP contribution < -0.4 is 4.90 Å².